The van der Waals surface area contributed by atoms with Gasteiger partial charge in [-0.05, 0) is 43.2 Å². The molecule has 1 saturated carbocycles. The number of aliphatic hydroxyl groups is 2. The Morgan fingerprint density at radius 1 is 1.16 bits per heavy atom. The number of hydrogen-bond acceptors (Lipinski definition) is 9. The summed E-state index contributed by atoms with van der Waals surface area (Å²) in [6.07, 6.45) is 0.806. The summed E-state index contributed by atoms with van der Waals surface area (Å²) >= 11 is 0. The molecule has 3 aromatic heterocycles. The zero-order chi connectivity index (χ0) is 22.0. The van der Waals surface area contributed by atoms with Crippen LogP contribution in [0.5, 0.6) is 5.75 Å². The van der Waals surface area contributed by atoms with Gasteiger partial charge in [-0.3, -0.25) is 0 Å². The predicted molar refractivity (Wildman–Crippen MR) is 117 cm³/mol. The molecule has 32 heavy (non-hydrogen) atoms. The molecule has 1 aromatic carbocycles. The molecule has 2 aliphatic rings. The van der Waals surface area contributed by atoms with Gasteiger partial charge in [0.15, 0.2) is 6.23 Å². The summed E-state index contributed by atoms with van der Waals surface area (Å²) in [5, 5.41) is 23.9. The van der Waals surface area contributed by atoms with Crippen molar-refractivity contribution in [2.45, 2.75) is 43.0 Å². The third-order valence-corrected chi connectivity index (χ3v) is 6.51. The zero-order valence-electron chi connectivity index (χ0n) is 17.0. The fourth-order valence-electron chi connectivity index (χ4n) is 4.88. The molecule has 0 radical (unpaired) electrons. The van der Waals surface area contributed by atoms with Crippen LogP contribution in [0.15, 0.2) is 48.9 Å². The lowest BCUT2D eigenvalue weighted by Crippen LogP contribution is -2.47. The van der Waals surface area contributed by atoms with E-state index in [1.807, 2.05) is 24.3 Å². The fourth-order valence-corrected chi connectivity index (χ4v) is 4.88. The Balaban J connectivity index is 1.30. The Morgan fingerprint density at radius 2 is 2.00 bits per heavy atom. The molecule has 1 unspecified atom stereocenters. The predicted octanol–water partition coefficient (Wildman–Crippen LogP) is 1.37. The smallest absolute Gasteiger partial charge is 0.164 e. The number of anilines is 2. The van der Waals surface area contributed by atoms with Crippen molar-refractivity contribution in [2.75, 3.05) is 11.5 Å². The Morgan fingerprint density at radius 3 is 2.88 bits per heavy atom. The van der Waals surface area contributed by atoms with Crippen molar-refractivity contribution in [3.05, 3.63) is 48.9 Å². The number of nitrogen functional groups attached to an aromatic ring is 2. The number of hydrogen-bond donors (Lipinski definition) is 4. The number of nitrogens with two attached hydrogens (primary N) is 2. The lowest BCUT2D eigenvalue weighted by atomic mass is 9.94. The van der Waals surface area contributed by atoms with Gasteiger partial charge in [0.1, 0.15) is 53.3 Å². The van der Waals surface area contributed by atoms with Gasteiger partial charge in [0.2, 0.25) is 0 Å². The lowest BCUT2D eigenvalue weighted by Gasteiger charge is -2.26. The first-order valence-electron chi connectivity index (χ1n) is 10.4. The molecule has 164 valence electrons. The molecule has 10 nitrogen and oxygen atoms in total. The van der Waals surface area contributed by atoms with Gasteiger partial charge < -0.3 is 35.7 Å². The second kappa shape index (κ2) is 6.76. The van der Waals surface area contributed by atoms with Crippen molar-refractivity contribution in [1.82, 2.24) is 19.5 Å². The van der Waals surface area contributed by atoms with E-state index >= 15 is 0 Å². The van der Waals surface area contributed by atoms with Crippen molar-refractivity contribution < 1.29 is 19.7 Å². The van der Waals surface area contributed by atoms with Crippen molar-refractivity contribution in [2.24, 2.45) is 0 Å². The van der Waals surface area contributed by atoms with Crippen LogP contribution < -0.4 is 16.2 Å². The number of nitrogens with zero attached hydrogens (tertiary/aromatic N) is 4. The molecule has 1 aliphatic carbocycles. The highest BCUT2D eigenvalue weighted by molar-refractivity contribution is 5.86. The summed E-state index contributed by atoms with van der Waals surface area (Å²) in [7, 11) is 0. The largest absolute Gasteiger partial charge is 0.488 e. The van der Waals surface area contributed by atoms with Gasteiger partial charge in [0.05, 0.1) is 10.9 Å². The molecule has 0 spiro atoms. The molecule has 0 bridgehead atoms. The van der Waals surface area contributed by atoms with Gasteiger partial charge in [-0.25, -0.2) is 15.0 Å². The van der Waals surface area contributed by atoms with Gasteiger partial charge in [0.25, 0.3) is 0 Å². The summed E-state index contributed by atoms with van der Waals surface area (Å²) in [6.45, 7) is 0. The summed E-state index contributed by atoms with van der Waals surface area (Å²) in [5.74, 6) is 1.36. The second-order valence-corrected chi connectivity index (χ2v) is 8.39. The highest BCUT2D eigenvalue weighted by Crippen LogP contribution is 2.48. The molecular formula is C22H22N6O4. The number of rotatable bonds is 3. The summed E-state index contributed by atoms with van der Waals surface area (Å²) in [6, 6.07) is 11.0. The number of ether oxygens (including phenoxy) is 2. The zero-order valence-corrected chi connectivity index (χ0v) is 17.0. The van der Waals surface area contributed by atoms with Crippen molar-refractivity contribution in [1.29, 1.82) is 0 Å². The Hall–Kier alpha value is -3.47. The molecule has 1 aliphatic heterocycles. The molecule has 2 fully saturated rings. The topological polar surface area (TPSA) is 155 Å². The fraction of sp³-hybridized carbons (Fsp3) is 0.318. The molecule has 5 atom stereocenters. The number of aliphatic hydroxyl groups excluding tert-OH is 1. The van der Waals surface area contributed by atoms with Crippen LogP contribution in [0.3, 0.4) is 0 Å². The first-order valence-corrected chi connectivity index (χ1v) is 10.4. The van der Waals surface area contributed by atoms with E-state index in [-0.39, 0.29) is 0 Å². The number of pyridine rings is 1. The SMILES string of the molecule is Nc1ccc2ccc(O[C@H]3CC[C@]4(O)C(O)[C@H](n5ccc6c(N)ncnc65)O[C@H]34)cc2n1. The minimum atomic E-state index is -1.44. The van der Waals surface area contributed by atoms with Gasteiger partial charge in [-0.1, -0.05) is 0 Å². The molecule has 4 aromatic rings. The van der Waals surface area contributed by atoms with E-state index in [9.17, 15) is 10.2 Å². The van der Waals surface area contributed by atoms with E-state index in [0.29, 0.717) is 41.3 Å². The van der Waals surface area contributed by atoms with Crippen LogP contribution in [0.2, 0.25) is 0 Å². The van der Waals surface area contributed by atoms with E-state index in [1.165, 1.54) is 6.33 Å². The highest BCUT2D eigenvalue weighted by atomic mass is 16.6. The molecular weight excluding hydrogens is 412 g/mol. The van der Waals surface area contributed by atoms with Crippen molar-refractivity contribution >= 4 is 33.6 Å². The molecule has 0 amide bonds. The van der Waals surface area contributed by atoms with Crippen LogP contribution in [0, 0.1) is 0 Å². The highest BCUT2D eigenvalue weighted by Gasteiger charge is 2.62. The summed E-state index contributed by atoms with van der Waals surface area (Å²) in [4.78, 5) is 12.6. The van der Waals surface area contributed by atoms with E-state index in [0.717, 1.165) is 10.9 Å². The van der Waals surface area contributed by atoms with Crippen LogP contribution in [0.25, 0.3) is 21.9 Å². The van der Waals surface area contributed by atoms with Gasteiger partial charge >= 0.3 is 0 Å². The minimum Gasteiger partial charge on any atom is -0.488 e. The van der Waals surface area contributed by atoms with Crippen molar-refractivity contribution in [3.8, 4) is 5.75 Å². The van der Waals surface area contributed by atoms with E-state index in [1.54, 1.807) is 22.9 Å². The van der Waals surface area contributed by atoms with Crippen LogP contribution in [0.1, 0.15) is 19.1 Å². The summed E-state index contributed by atoms with van der Waals surface area (Å²) in [5.41, 5.74) is 11.5. The first-order chi connectivity index (χ1) is 15.4. The van der Waals surface area contributed by atoms with Gasteiger partial charge in [-0.2, -0.15) is 0 Å². The van der Waals surface area contributed by atoms with E-state index in [4.69, 9.17) is 20.9 Å². The third kappa shape index (κ3) is 2.73. The van der Waals surface area contributed by atoms with E-state index in [2.05, 4.69) is 15.0 Å². The Kier molecular flexibility index (Phi) is 4.06. The van der Waals surface area contributed by atoms with Crippen molar-refractivity contribution in [3.63, 3.8) is 0 Å². The normalized spacial score (nSPS) is 29.6. The molecule has 4 heterocycles. The number of aromatic nitrogens is 4. The van der Waals surface area contributed by atoms with Gasteiger partial charge in [0, 0.05) is 17.6 Å². The third-order valence-electron chi connectivity index (χ3n) is 6.51. The maximum atomic E-state index is 11.3. The second-order valence-electron chi connectivity index (χ2n) is 8.39. The molecule has 6 rings (SSSR count). The van der Waals surface area contributed by atoms with Crippen LogP contribution in [0.4, 0.5) is 11.6 Å². The number of benzene rings is 1. The molecule has 1 saturated heterocycles. The van der Waals surface area contributed by atoms with E-state index < -0.39 is 30.1 Å². The quantitative estimate of drug-likeness (QED) is 0.374. The lowest BCUT2D eigenvalue weighted by molar-refractivity contribution is -0.0791. The monoisotopic (exact) mass is 434 g/mol. The van der Waals surface area contributed by atoms with Crippen LogP contribution in [-0.2, 0) is 4.74 Å². The minimum absolute atomic E-state index is 0.340. The average molecular weight is 434 g/mol. The van der Waals surface area contributed by atoms with Gasteiger partial charge in [-0.15, -0.1) is 0 Å². The molecule has 6 N–H and O–H groups in total. The average Bonchev–Trinajstić information content (AvgIpc) is 3.41. The standard InChI is InChI=1S/C22H22N6O4/c23-16-4-2-11-1-3-12(9-14(11)27-16)31-15-5-7-22(30)17(29)21(32-18(15)22)28-8-6-13-19(24)25-10-26-20(13)28/h1-4,6,8-10,15,17-18,21,29-30H,5,7H2,(H2,23,27)(H2,24,25,26)/t15-,17?,18+,21+,22-/m0/s1. The molecule has 10 heteroatoms. The van der Waals surface area contributed by atoms with Crippen LogP contribution in [-0.4, -0.2) is 53.6 Å². The number of fused-ring (bicyclic) bond motifs is 3. The van der Waals surface area contributed by atoms with Crippen LogP contribution >= 0.6 is 0 Å². The Labute approximate surface area is 182 Å². The maximum Gasteiger partial charge on any atom is 0.164 e. The first kappa shape index (κ1) is 19.2. The summed E-state index contributed by atoms with van der Waals surface area (Å²) < 4.78 is 14.1. The maximum absolute atomic E-state index is 11.3. The Bertz CT molecular complexity index is 1340.